The average molecular weight is 224 g/mol. The van der Waals surface area contributed by atoms with Crippen molar-refractivity contribution in [3.05, 3.63) is 33.8 Å². The molecule has 12 heavy (non-hydrogen) atoms. The van der Waals surface area contributed by atoms with Crippen molar-refractivity contribution in [1.29, 1.82) is 5.26 Å². The van der Waals surface area contributed by atoms with Crippen LogP contribution in [0.15, 0.2) is 22.7 Å². The molecule has 0 N–H and O–H groups in total. The van der Waals surface area contributed by atoms with Gasteiger partial charge in [0.2, 0.25) is 0 Å². The molecule has 0 aliphatic carbocycles. The Kier molecular flexibility index (Phi) is 2.88. The lowest BCUT2D eigenvalue weighted by atomic mass is 10.0. The zero-order valence-electron chi connectivity index (χ0n) is 7.13. The Balaban J connectivity index is 3.12. The first-order valence-electron chi connectivity index (χ1n) is 3.84. The van der Waals surface area contributed by atoms with Crippen LogP contribution in [-0.2, 0) is 0 Å². The van der Waals surface area contributed by atoms with Crippen LogP contribution in [0.4, 0.5) is 0 Å². The Morgan fingerprint density at radius 3 is 2.50 bits per heavy atom. The SMILES string of the molecule is CC(C)c1ccc(C#N)c(Br)c1. The molecule has 1 nitrogen and oxygen atoms in total. The van der Waals surface area contributed by atoms with Crippen molar-refractivity contribution in [3.63, 3.8) is 0 Å². The highest BCUT2D eigenvalue weighted by Crippen LogP contribution is 2.22. The first-order valence-corrected chi connectivity index (χ1v) is 4.64. The number of nitrogens with zero attached hydrogens (tertiary/aromatic N) is 1. The molecule has 0 saturated carbocycles. The molecule has 0 aliphatic heterocycles. The summed E-state index contributed by atoms with van der Waals surface area (Å²) >= 11 is 3.35. The van der Waals surface area contributed by atoms with Gasteiger partial charge in [-0.1, -0.05) is 19.9 Å². The molecule has 1 rings (SSSR count). The summed E-state index contributed by atoms with van der Waals surface area (Å²) in [5.41, 5.74) is 1.94. The molecule has 1 aromatic rings. The molecule has 0 radical (unpaired) electrons. The molecule has 0 aromatic heterocycles. The van der Waals surface area contributed by atoms with Crippen molar-refractivity contribution in [2.45, 2.75) is 19.8 Å². The van der Waals surface area contributed by atoms with Crippen LogP contribution in [0.5, 0.6) is 0 Å². The van der Waals surface area contributed by atoms with Crippen LogP contribution in [0.2, 0.25) is 0 Å². The Morgan fingerprint density at radius 1 is 1.42 bits per heavy atom. The fraction of sp³-hybridized carbons (Fsp3) is 0.300. The van der Waals surface area contributed by atoms with Gasteiger partial charge in [-0.15, -0.1) is 0 Å². The minimum Gasteiger partial charge on any atom is -0.192 e. The lowest BCUT2D eigenvalue weighted by molar-refractivity contribution is 0.865. The molecular weight excluding hydrogens is 214 g/mol. The summed E-state index contributed by atoms with van der Waals surface area (Å²) in [6, 6.07) is 7.96. The van der Waals surface area contributed by atoms with Gasteiger partial charge in [-0.25, -0.2) is 0 Å². The van der Waals surface area contributed by atoms with Crippen molar-refractivity contribution in [2.24, 2.45) is 0 Å². The molecule has 2 heteroatoms. The minimum atomic E-state index is 0.508. The van der Waals surface area contributed by atoms with E-state index in [-0.39, 0.29) is 0 Å². The number of hydrogen-bond acceptors (Lipinski definition) is 1. The number of hydrogen-bond donors (Lipinski definition) is 0. The van der Waals surface area contributed by atoms with Gasteiger partial charge in [0.05, 0.1) is 5.56 Å². The summed E-state index contributed by atoms with van der Waals surface area (Å²) in [4.78, 5) is 0. The second-order valence-electron chi connectivity index (χ2n) is 3.01. The summed E-state index contributed by atoms with van der Waals surface area (Å²) < 4.78 is 0.885. The molecule has 0 spiro atoms. The van der Waals surface area contributed by atoms with Gasteiger partial charge < -0.3 is 0 Å². The first-order chi connectivity index (χ1) is 5.65. The highest BCUT2D eigenvalue weighted by molar-refractivity contribution is 9.10. The molecule has 62 valence electrons. The maximum absolute atomic E-state index is 8.67. The van der Waals surface area contributed by atoms with Gasteiger partial charge in [-0.3, -0.25) is 0 Å². The van der Waals surface area contributed by atoms with Crippen molar-refractivity contribution >= 4 is 15.9 Å². The maximum atomic E-state index is 8.67. The molecule has 0 fully saturated rings. The Labute approximate surface area is 81.2 Å². The number of benzene rings is 1. The molecule has 0 aliphatic rings. The zero-order valence-corrected chi connectivity index (χ0v) is 8.72. The molecule has 0 heterocycles. The normalized spacial score (nSPS) is 9.92. The number of rotatable bonds is 1. The maximum Gasteiger partial charge on any atom is 0.100 e. The summed E-state index contributed by atoms with van der Waals surface area (Å²) in [5, 5.41) is 8.67. The Morgan fingerprint density at radius 2 is 2.08 bits per heavy atom. The van der Waals surface area contributed by atoms with Crippen molar-refractivity contribution in [1.82, 2.24) is 0 Å². The van der Waals surface area contributed by atoms with Gasteiger partial charge in [-0.2, -0.15) is 5.26 Å². The smallest absolute Gasteiger partial charge is 0.100 e. The van der Waals surface area contributed by atoms with E-state index in [1.54, 1.807) is 0 Å². The lowest BCUT2D eigenvalue weighted by Gasteiger charge is -2.05. The fourth-order valence-electron chi connectivity index (χ4n) is 0.981. The first kappa shape index (κ1) is 9.28. The molecule has 0 amide bonds. The predicted molar refractivity (Wildman–Crippen MR) is 52.9 cm³/mol. The number of nitriles is 1. The second kappa shape index (κ2) is 3.73. The minimum absolute atomic E-state index is 0.508. The van der Waals surface area contributed by atoms with Crippen molar-refractivity contribution in [3.8, 4) is 6.07 Å². The summed E-state index contributed by atoms with van der Waals surface area (Å²) in [6.07, 6.45) is 0. The Hall–Kier alpha value is -0.810. The van der Waals surface area contributed by atoms with Crippen LogP contribution in [0, 0.1) is 11.3 Å². The van der Waals surface area contributed by atoms with Crippen LogP contribution >= 0.6 is 15.9 Å². The van der Waals surface area contributed by atoms with Crippen molar-refractivity contribution < 1.29 is 0 Å². The van der Waals surface area contributed by atoms with E-state index in [0.717, 1.165) is 4.47 Å². The van der Waals surface area contributed by atoms with E-state index >= 15 is 0 Å². The van der Waals surface area contributed by atoms with Crippen LogP contribution in [0.1, 0.15) is 30.9 Å². The largest absolute Gasteiger partial charge is 0.192 e. The third-order valence-electron chi connectivity index (χ3n) is 1.78. The summed E-state index contributed by atoms with van der Waals surface area (Å²) in [7, 11) is 0. The molecule has 0 saturated heterocycles. The zero-order chi connectivity index (χ0) is 9.14. The molecular formula is C10H10BrN. The predicted octanol–water partition coefficient (Wildman–Crippen LogP) is 3.44. The monoisotopic (exact) mass is 223 g/mol. The highest BCUT2D eigenvalue weighted by atomic mass is 79.9. The third-order valence-corrected chi connectivity index (χ3v) is 2.44. The molecule has 0 unspecified atom stereocenters. The highest BCUT2D eigenvalue weighted by Gasteiger charge is 2.02. The standard InChI is InChI=1S/C10H10BrN/c1-7(2)8-3-4-9(6-12)10(11)5-8/h3-5,7H,1-2H3. The molecule has 1 aromatic carbocycles. The fourth-order valence-corrected chi connectivity index (χ4v) is 1.47. The van der Waals surface area contributed by atoms with E-state index in [1.807, 2.05) is 18.2 Å². The van der Waals surface area contributed by atoms with E-state index in [1.165, 1.54) is 5.56 Å². The van der Waals surface area contributed by atoms with Crippen LogP contribution < -0.4 is 0 Å². The lowest BCUT2D eigenvalue weighted by Crippen LogP contribution is -1.88. The third kappa shape index (κ3) is 1.86. The van der Waals surface area contributed by atoms with Gasteiger partial charge >= 0.3 is 0 Å². The van der Waals surface area contributed by atoms with E-state index in [2.05, 4.69) is 35.8 Å². The summed E-state index contributed by atoms with van der Waals surface area (Å²) in [5.74, 6) is 0.508. The Bertz CT molecular complexity index is 323. The topological polar surface area (TPSA) is 23.8 Å². The molecule has 0 bridgehead atoms. The van der Waals surface area contributed by atoms with Crippen LogP contribution in [0.3, 0.4) is 0 Å². The van der Waals surface area contributed by atoms with E-state index in [0.29, 0.717) is 11.5 Å². The second-order valence-corrected chi connectivity index (χ2v) is 3.86. The quantitative estimate of drug-likeness (QED) is 0.716. The average Bonchev–Trinajstić information content (AvgIpc) is 2.04. The van der Waals surface area contributed by atoms with Gasteiger partial charge in [0.25, 0.3) is 0 Å². The number of halogens is 1. The van der Waals surface area contributed by atoms with Gasteiger partial charge in [0.1, 0.15) is 6.07 Å². The molecule has 0 atom stereocenters. The van der Waals surface area contributed by atoms with Gasteiger partial charge in [0.15, 0.2) is 0 Å². The van der Waals surface area contributed by atoms with Crippen LogP contribution in [-0.4, -0.2) is 0 Å². The van der Waals surface area contributed by atoms with Gasteiger partial charge in [0, 0.05) is 4.47 Å². The van der Waals surface area contributed by atoms with Crippen molar-refractivity contribution in [2.75, 3.05) is 0 Å². The van der Waals surface area contributed by atoms with E-state index < -0.39 is 0 Å². The van der Waals surface area contributed by atoms with E-state index in [9.17, 15) is 0 Å². The van der Waals surface area contributed by atoms with E-state index in [4.69, 9.17) is 5.26 Å². The summed E-state index contributed by atoms with van der Waals surface area (Å²) in [6.45, 7) is 4.27. The van der Waals surface area contributed by atoms with Crippen LogP contribution in [0.25, 0.3) is 0 Å². The van der Waals surface area contributed by atoms with Gasteiger partial charge in [-0.05, 0) is 39.5 Å².